The summed E-state index contributed by atoms with van der Waals surface area (Å²) in [6.45, 7) is 4.43. The molecule has 2 aliphatic heterocycles. The Morgan fingerprint density at radius 3 is 2.76 bits per heavy atom. The van der Waals surface area contributed by atoms with Crippen molar-refractivity contribution < 1.29 is 14.3 Å². The van der Waals surface area contributed by atoms with Gasteiger partial charge in [0.05, 0.1) is 25.5 Å². The van der Waals surface area contributed by atoms with Crippen LogP contribution >= 0.6 is 0 Å². The number of carbonyl (C=O) groups is 1. The number of nitriles is 1. The highest BCUT2D eigenvalue weighted by Crippen LogP contribution is 2.42. The van der Waals surface area contributed by atoms with E-state index in [0.717, 1.165) is 42.1 Å². The van der Waals surface area contributed by atoms with Crippen molar-refractivity contribution in [3.05, 3.63) is 58.7 Å². The lowest BCUT2D eigenvalue weighted by molar-refractivity contribution is 0.0976. The molecule has 2 unspecified atom stereocenters. The molecule has 4 rings (SSSR count). The minimum atomic E-state index is -0.438. The molecule has 1 fully saturated rings. The number of benzene rings is 2. The van der Waals surface area contributed by atoms with E-state index in [2.05, 4.69) is 28.3 Å². The molecule has 0 spiro atoms. The second-order valence-corrected chi connectivity index (χ2v) is 8.35. The Kier molecular flexibility index (Phi) is 6.80. The third kappa shape index (κ3) is 4.58. The van der Waals surface area contributed by atoms with Crippen molar-refractivity contribution in [2.24, 2.45) is 15.7 Å². The maximum atomic E-state index is 12.4. The van der Waals surface area contributed by atoms with E-state index in [1.165, 1.54) is 5.56 Å². The molecule has 0 radical (unpaired) electrons. The normalized spacial score (nSPS) is 19.8. The number of nitrogens with two attached hydrogens (primary N) is 1. The number of ether oxygens (including phenoxy) is 2. The van der Waals surface area contributed by atoms with Gasteiger partial charge in [0.25, 0.3) is 5.91 Å². The smallest absolute Gasteiger partial charge is 0.257 e. The first-order valence-corrected chi connectivity index (χ1v) is 11.2. The zero-order valence-electron chi connectivity index (χ0n) is 19.5. The summed E-state index contributed by atoms with van der Waals surface area (Å²) < 4.78 is 11.5. The van der Waals surface area contributed by atoms with Crippen molar-refractivity contribution in [2.75, 3.05) is 33.9 Å². The Labute approximate surface area is 198 Å². The number of rotatable bonds is 5. The van der Waals surface area contributed by atoms with Gasteiger partial charge in [-0.3, -0.25) is 15.1 Å². The van der Waals surface area contributed by atoms with E-state index in [4.69, 9.17) is 25.5 Å². The number of fused-ring (bicyclic) bond motifs is 3. The zero-order valence-corrected chi connectivity index (χ0v) is 19.5. The van der Waals surface area contributed by atoms with Gasteiger partial charge < -0.3 is 20.1 Å². The van der Waals surface area contributed by atoms with E-state index >= 15 is 0 Å². The molecule has 1 amide bonds. The van der Waals surface area contributed by atoms with Crippen LogP contribution in [0.3, 0.4) is 0 Å². The number of amides is 1. The summed E-state index contributed by atoms with van der Waals surface area (Å²) in [4.78, 5) is 23.2. The van der Waals surface area contributed by atoms with Gasteiger partial charge >= 0.3 is 0 Å². The number of likely N-dealkylation sites (tertiary alicyclic amines) is 1. The Balaban J connectivity index is 1.73. The molecular formula is C25H28N6O3. The van der Waals surface area contributed by atoms with Crippen molar-refractivity contribution in [1.82, 2.24) is 10.2 Å². The molecule has 0 aliphatic carbocycles. The van der Waals surface area contributed by atoms with Gasteiger partial charge in [-0.25, -0.2) is 0 Å². The number of carbonyl (C=O) groups excluding carboxylic acids is 1. The zero-order chi connectivity index (χ0) is 24.2. The summed E-state index contributed by atoms with van der Waals surface area (Å²) in [6.07, 6.45) is 2.51. The van der Waals surface area contributed by atoms with Crippen LogP contribution < -0.4 is 20.5 Å². The summed E-state index contributed by atoms with van der Waals surface area (Å²) in [5.41, 5.74) is 9.90. The van der Waals surface area contributed by atoms with Gasteiger partial charge in [0, 0.05) is 29.2 Å². The molecule has 34 heavy (non-hydrogen) atoms. The molecule has 0 aromatic heterocycles. The van der Waals surface area contributed by atoms with Crippen molar-refractivity contribution in [2.45, 2.75) is 25.3 Å². The van der Waals surface area contributed by atoms with Crippen LogP contribution in [0.2, 0.25) is 0 Å². The van der Waals surface area contributed by atoms with Gasteiger partial charge in [-0.1, -0.05) is 12.1 Å². The molecule has 2 aromatic carbocycles. The van der Waals surface area contributed by atoms with Crippen molar-refractivity contribution in [3.8, 4) is 17.7 Å². The highest BCUT2D eigenvalue weighted by molar-refractivity contribution is 6.15. The molecule has 0 bridgehead atoms. The maximum Gasteiger partial charge on any atom is 0.257 e. The average Bonchev–Trinajstić information content (AvgIpc) is 2.83. The van der Waals surface area contributed by atoms with Crippen LogP contribution in [0.5, 0.6) is 11.5 Å². The van der Waals surface area contributed by atoms with E-state index in [-0.39, 0.29) is 17.9 Å². The highest BCUT2D eigenvalue weighted by atomic mass is 16.5. The fourth-order valence-corrected chi connectivity index (χ4v) is 4.59. The average molecular weight is 461 g/mol. The first-order chi connectivity index (χ1) is 16.4. The Morgan fingerprint density at radius 2 is 2.09 bits per heavy atom. The van der Waals surface area contributed by atoms with Gasteiger partial charge in [-0.2, -0.15) is 5.26 Å². The molecule has 0 saturated carbocycles. The predicted molar refractivity (Wildman–Crippen MR) is 130 cm³/mol. The molecule has 176 valence electrons. The summed E-state index contributed by atoms with van der Waals surface area (Å²) in [5.74, 6) is 0.995. The first-order valence-electron chi connectivity index (χ1n) is 11.2. The molecule has 2 atom stereocenters. The van der Waals surface area contributed by atoms with E-state index in [9.17, 15) is 4.79 Å². The summed E-state index contributed by atoms with van der Waals surface area (Å²) in [6, 6.07) is 11.4. The molecule has 2 heterocycles. The largest absolute Gasteiger partial charge is 0.493 e. The van der Waals surface area contributed by atoms with Gasteiger partial charge in [0.15, 0.2) is 11.5 Å². The van der Waals surface area contributed by atoms with Gasteiger partial charge in [0.1, 0.15) is 0 Å². The number of guanidine groups is 1. The summed E-state index contributed by atoms with van der Waals surface area (Å²) in [5, 5.41) is 10.9. The topological polar surface area (TPSA) is 125 Å². The monoisotopic (exact) mass is 460 g/mol. The van der Waals surface area contributed by atoms with E-state index < -0.39 is 5.91 Å². The van der Waals surface area contributed by atoms with Crippen molar-refractivity contribution in [1.29, 1.82) is 5.26 Å². The lowest BCUT2D eigenvalue weighted by Crippen LogP contribution is -2.41. The van der Waals surface area contributed by atoms with Crippen LogP contribution in [-0.4, -0.2) is 62.4 Å². The Morgan fingerprint density at radius 1 is 1.32 bits per heavy atom. The molecule has 2 aromatic rings. The van der Waals surface area contributed by atoms with Gasteiger partial charge in [-0.05, 0) is 56.8 Å². The van der Waals surface area contributed by atoms with Crippen LogP contribution in [0.1, 0.15) is 46.3 Å². The van der Waals surface area contributed by atoms with E-state index in [0.29, 0.717) is 17.9 Å². The van der Waals surface area contributed by atoms with Crippen LogP contribution in [0.25, 0.3) is 0 Å². The molecule has 1 saturated heterocycles. The number of nitrogens with zero attached hydrogens (tertiary/aromatic N) is 4. The number of piperidine rings is 1. The van der Waals surface area contributed by atoms with Crippen LogP contribution in [0.4, 0.5) is 0 Å². The third-order valence-electron chi connectivity index (χ3n) is 6.20. The predicted octanol–water partition coefficient (Wildman–Crippen LogP) is 2.26. The summed E-state index contributed by atoms with van der Waals surface area (Å²) >= 11 is 0. The number of hydrogen-bond acceptors (Lipinski definition) is 7. The van der Waals surface area contributed by atoms with E-state index in [1.54, 1.807) is 25.4 Å². The third-order valence-corrected chi connectivity index (χ3v) is 6.20. The van der Waals surface area contributed by atoms with Crippen molar-refractivity contribution in [3.63, 3.8) is 0 Å². The molecule has 3 N–H and O–H groups in total. The number of methoxy groups -OCH3 is 1. The molecule has 9 nitrogen and oxygen atoms in total. The Hall–Kier alpha value is -3.90. The van der Waals surface area contributed by atoms with Gasteiger partial charge in [-0.15, -0.1) is 4.99 Å². The first kappa shape index (κ1) is 23.3. The number of aliphatic imine (C=N–C) groups is 2. The van der Waals surface area contributed by atoms with Crippen LogP contribution in [0.15, 0.2) is 46.4 Å². The number of hydrogen-bond donors (Lipinski definition) is 2. The quantitative estimate of drug-likeness (QED) is 0.401. The molecular weight excluding hydrogens is 432 g/mol. The Bertz CT molecular complexity index is 1180. The van der Waals surface area contributed by atoms with Crippen LogP contribution in [0, 0.1) is 11.5 Å². The second kappa shape index (κ2) is 9.93. The second-order valence-electron chi connectivity index (χ2n) is 8.35. The highest BCUT2D eigenvalue weighted by Gasteiger charge is 2.36. The van der Waals surface area contributed by atoms with Crippen LogP contribution in [-0.2, 0) is 0 Å². The fraction of sp³-hybridized carbons (Fsp3) is 0.360. The minimum absolute atomic E-state index is 0.173. The lowest BCUT2D eigenvalue weighted by Gasteiger charge is -2.39. The number of likely N-dealkylation sites (N-methyl/N-ethyl adjacent to an activating group) is 1. The standard InChI is InChI=1S/C25H28N6O3/c1-4-34-22-11-17-18(12-21(22)33-3)23(29-20-9-10-31(2)13-19(17)20)15-5-7-16(8-6-15)24(32)30-25(27)28-14-26/h5-8,11-12,19-20H,4,9-10,13H2,1-3H3,(H3,27,28,30,32). The summed E-state index contributed by atoms with van der Waals surface area (Å²) in [7, 11) is 3.77. The fourth-order valence-electron chi connectivity index (χ4n) is 4.59. The maximum absolute atomic E-state index is 12.4. The van der Waals surface area contributed by atoms with Gasteiger partial charge in [0.2, 0.25) is 12.2 Å². The molecule has 9 heteroatoms. The SMILES string of the molecule is CCOc1cc2c(cc1OC)C(c1ccc(C(=O)NC(N)=NC#N)cc1)=NC1CCN(C)CC21. The number of nitrogens with one attached hydrogen (secondary N) is 1. The minimum Gasteiger partial charge on any atom is -0.493 e. The van der Waals surface area contributed by atoms with Crippen molar-refractivity contribution >= 4 is 17.6 Å². The lowest BCUT2D eigenvalue weighted by atomic mass is 9.79. The molecule has 2 aliphatic rings. The van der Waals surface area contributed by atoms with E-state index in [1.807, 2.05) is 25.1 Å².